The molecule has 0 aliphatic heterocycles. The molecule has 0 fully saturated rings. The van der Waals surface area contributed by atoms with Crippen molar-refractivity contribution in [2.75, 3.05) is 5.73 Å². The first kappa shape index (κ1) is 14.9. The van der Waals surface area contributed by atoms with E-state index in [0.717, 1.165) is 0 Å². The zero-order valence-corrected chi connectivity index (χ0v) is 12.0. The maximum atomic E-state index is 12.2. The number of anilines is 1. The number of hydrogen-bond acceptors (Lipinski definition) is 5. The van der Waals surface area contributed by atoms with Crippen LogP contribution in [0.4, 0.5) is 5.82 Å². The molecule has 8 heteroatoms. The van der Waals surface area contributed by atoms with Crippen LogP contribution in [0, 0.1) is 0 Å². The Kier molecular flexibility index (Phi) is 3.50. The molecule has 7 nitrogen and oxygen atoms in total. The number of nitrogen functional groups attached to an aromatic ring is 1. The van der Waals surface area contributed by atoms with Crippen molar-refractivity contribution in [3.05, 3.63) is 6.20 Å². The van der Waals surface area contributed by atoms with Crippen LogP contribution in [0.2, 0.25) is 0 Å². The molecule has 0 radical (unpaired) electrons. The minimum atomic E-state index is -3.83. The molecule has 0 aromatic carbocycles. The van der Waals surface area contributed by atoms with Gasteiger partial charge < -0.3 is 10.8 Å². The Morgan fingerprint density at radius 2 is 1.89 bits per heavy atom. The molecule has 1 aromatic rings. The highest BCUT2D eigenvalue weighted by atomic mass is 32.2. The minimum Gasteiger partial charge on any atom is -0.389 e. The molecule has 4 N–H and O–H groups in total. The predicted molar refractivity (Wildman–Crippen MR) is 68.3 cm³/mol. The van der Waals surface area contributed by atoms with Crippen molar-refractivity contribution in [3.63, 3.8) is 0 Å². The molecule has 0 amide bonds. The minimum absolute atomic E-state index is 0.0726. The zero-order chi connectivity index (χ0) is 14.4. The van der Waals surface area contributed by atoms with E-state index in [1.807, 2.05) is 0 Å². The van der Waals surface area contributed by atoms with Crippen molar-refractivity contribution in [1.82, 2.24) is 14.5 Å². The van der Waals surface area contributed by atoms with Gasteiger partial charge in [-0.05, 0) is 27.7 Å². The lowest BCUT2D eigenvalue weighted by atomic mass is 9.87. The standard InChI is InChI=1S/C10H20N4O3S/c1-9(2,10(3,4)15)13-18(16,17)7-6-14(5)12-8(7)11/h6,13,15H,1-5H3,(H2,11,12). The summed E-state index contributed by atoms with van der Waals surface area (Å²) in [5, 5.41) is 13.7. The maximum Gasteiger partial charge on any atom is 0.246 e. The number of nitrogens with one attached hydrogen (secondary N) is 1. The van der Waals surface area contributed by atoms with Gasteiger partial charge in [0, 0.05) is 13.2 Å². The number of nitrogens with two attached hydrogens (primary N) is 1. The molecule has 1 heterocycles. The van der Waals surface area contributed by atoms with Crippen LogP contribution in [0.5, 0.6) is 0 Å². The van der Waals surface area contributed by atoms with Crippen LogP contribution in [0.25, 0.3) is 0 Å². The smallest absolute Gasteiger partial charge is 0.246 e. The van der Waals surface area contributed by atoms with Gasteiger partial charge in [-0.25, -0.2) is 13.1 Å². The average molecular weight is 276 g/mol. The molecule has 0 saturated carbocycles. The number of nitrogens with zero attached hydrogens (tertiary/aromatic N) is 2. The van der Waals surface area contributed by atoms with E-state index in [1.165, 1.54) is 24.7 Å². The normalized spacial score (nSPS) is 13.9. The third kappa shape index (κ3) is 2.82. The van der Waals surface area contributed by atoms with Crippen LogP contribution in [0.3, 0.4) is 0 Å². The molecule has 1 rings (SSSR count). The average Bonchev–Trinajstić information content (AvgIpc) is 2.41. The lowest BCUT2D eigenvalue weighted by molar-refractivity contribution is 0.00639. The summed E-state index contributed by atoms with van der Waals surface area (Å²) in [6.07, 6.45) is 1.32. The second-order valence-electron chi connectivity index (χ2n) is 5.34. The Morgan fingerprint density at radius 3 is 2.22 bits per heavy atom. The van der Waals surface area contributed by atoms with Crippen molar-refractivity contribution in [1.29, 1.82) is 0 Å². The van der Waals surface area contributed by atoms with Crippen molar-refractivity contribution in [2.24, 2.45) is 7.05 Å². The molecular formula is C10H20N4O3S. The molecule has 0 atom stereocenters. The van der Waals surface area contributed by atoms with Gasteiger partial charge in [-0.3, -0.25) is 4.68 Å². The molecule has 104 valence electrons. The summed E-state index contributed by atoms with van der Waals surface area (Å²) in [5.74, 6) is -0.0726. The molecule has 0 saturated heterocycles. The van der Waals surface area contributed by atoms with E-state index in [0.29, 0.717) is 0 Å². The maximum absolute atomic E-state index is 12.2. The predicted octanol–water partition coefficient (Wildman–Crippen LogP) is -0.170. The van der Waals surface area contributed by atoms with Crippen LogP contribution in [0.15, 0.2) is 11.1 Å². The van der Waals surface area contributed by atoms with Crippen LogP contribution < -0.4 is 10.5 Å². The fourth-order valence-electron chi connectivity index (χ4n) is 1.21. The summed E-state index contributed by atoms with van der Waals surface area (Å²) in [7, 11) is -2.25. The summed E-state index contributed by atoms with van der Waals surface area (Å²) in [4.78, 5) is -0.0951. The first-order valence-corrected chi connectivity index (χ1v) is 6.90. The van der Waals surface area contributed by atoms with E-state index in [-0.39, 0.29) is 10.7 Å². The van der Waals surface area contributed by atoms with E-state index in [2.05, 4.69) is 9.82 Å². The third-order valence-electron chi connectivity index (χ3n) is 3.03. The lowest BCUT2D eigenvalue weighted by Crippen LogP contribution is -2.57. The Morgan fingerprint density at radius 1 is 1.39 bits per heavy atom. The monoisotopic (exact) mass is 276 g/mol. The Balaban J connectivity index is 3.15. The molecular weight excluding hydrogens is 256 g/mol. The van der Waals surface area contributed by atoms with Crippen molar-refractivity contribution >= 4 is 15.8 Å². The number of sulfonamides is 1. The highest BCUT2D eigenvalue weighted by Gasteiger charge is 2.39. The van der Waals surface area contributed by atoms with Crippen molar-refractivity contribution < 1.29 is 13.5 Å². The Labute approximate surface area is 107 Å². The van der Waals surface area contributed by atoms with Gasteiger partial charge in [0.2, 0.25) is 10.0 Å². The summed E-state index contributed by atoms with van der Waals surface area (Å²) < 4.78 is 28.1. The summed E-state index contributed by atoms with van der Waals surface area (Å²) in [5.41, 5.74) is 3.27. The van der Waals surface area contributed by atoms with Gasteiger partial charge in [0.25, 0.3) is 0 Å². The van der Waals surface area contributed by atoms with Crippen LogP contribution in [0.1, 0.15) is 27.7 Å². The molecule has 0 unspecified atom stereocenters. The fourth-order valence-corrected chi connectivity index (χ4v) is 2.85. The topological polar surface area (TPSA) is 110 Å². The number of hydrogen-bond donors (Lipinski definition) is 3. The summed E-state index contributed by atoms with van der Waals surface area (Å²) in [6.45, 7) is 6.25. The Bertz CT molecular complexity index is 540. The molecule has 0 spiro atoms. The second kappa shape index (κ2) is 4.22. The van der Waals surface area contributed by atoms with Crippen molar-refractivity contribution in [3.8, 4) is 0 Å². The SMILES string of the molecule is Cn1cc(S(=O)(=O)NC(C)(C)C(C)(C)O)c(N)n1. The molecule has 0 bridgehead atoms. The number of aromatic nitrogens is 2. The summed E-state index contributed by atoms with van der Waals surface area (Å²) >= 11 is 0. The largest absolute Gasteiger partial charge is 0.389 e. The van der Waals surface area contributed by atoms with Gasteiger partial charge in [0.05, 0.1) is 11.1 Å². The van der Waals surface area contributed by atoms with Gasteiger partial charge in [-0.2, -0.15) is 5.10 Å². The molecule has 18 heavy (non-hydrogen) atoms. The summed E-state index contributed by atoms with van der Waals surface area (Å²) in [6, 6.07) is 0. The van der Waals surface area contributed by atoms with Gasteiger partial charge in [-0.1, -0.05) is 0 Å². The molecule has 0 aliphatic rings. The van der Waals surface area contributed by atoms with E-state index in [1.54, 1.807) is 20.9 Å². The van der Waals surface area contributed by atoms with Gasteiger partial charge >= 0.3 is 0 Å². The van der Waals surface area contributed by atoms with Crippen LogP contribution in [-0.2, 0) is 17.1 Å². The number of aryl methyl sites for hydroxylation is 1. The molecule has 1 aromatic heterocycles. The van der Waals surface area contributed by atoms with E-state index in [4.69, 9.17) is 5.73 Å². The number of aliphatic hydroxyl groups is 1. The van der Waals surface area contributed by atoms with E-state index < -0.39 is 21.2 Å². The quantitative estimate of drug-likeness (QED) is 0.707. The highest BCUT2D eigenvalue weighted by molar-refractivity contribution is 7.89. The first-order chi connectivity index (χ1) is 7.87. The zero-order valence-electron chi connectivity index (χ0n) is 11.2. The fraction of sp³-hybridized carbons (Fsp3) is 0.700. The lowest BCUT2D eigenvalue weighted by Gasteiger charge is -2.37. The van der Waals surface area contributed by atoms with Gasteiger partial charge in [-0.15, -0.1) is 0 Å². The van der Waals surface area contributed by atoms with Gasteiger partial charge in [0.1, 0.15) is 4.90 Å². The van der Waals surface area contributed by atoms with Crippen LogP contribution >= 0.6 is 0 Å². The second-order valence-corrected chi connectivity index (χ2v) is 6.99. The van der Waals surface area contributed by atoms with E-state index in [9.17, 15) is 13.5 Å². The number of rotatable bonds is 4. The Hall–Kier alpha value is -1.12. The van der Waals surface area contributed by atoms with Crippen LogP contribution in [-0.4, -0.2) is 34.4 Å². The van der Waals surface area contributed by atoms with Gasteiger partial charge in [0.15, 0.2) is 5.82 Å². The third-order valence-corrected chi connectivity index (χ3v) is 4.70. The highest BCUT2D eigenvalue weighted by Crippen LogP contribution is 2.25. The first-order valence-electron chi connectivity index (χ1n) is 5.42. The van der Waals surface area contributed by atoms with E-state index >= 15 is 0 Å². The molecule has 0 aliphatic carbocycles. The van der Waals surface area contributed by atoms with Crippen molar-refractivity contribution in [2.45, 2.75) is 43.7 Å².